The molecule has 9 heteroatoms. The Morgan fingerprint density at radius 1 is 1.24 bits per heavy atom. The van der Waals surface area contributed by atoms with Crippen molar-refractivity contribution >= 4 is 21.6 Å². The van der Waals surface area contributed by atoms with Crippen LogP contribution in [0.4, 0.5) is 0 Å². The second-order valence-corrected chi connectivity index (χ2v) is 11.2. The molecule has 2 aliphatic rings. The van der Waals surface area contributed by atoms with Crippen LogP contribution < -0.4 is 0 Å². The van der Waals surface area contributed by atoms with Gasteiger partial charge in [0.05, 0.1) is 29.7 Å². The summed E-state index contributed by atoms with van der Waals surface area (Å²) in [6.07, 6.45) is 1.52. The first-order chi connectivity index (χ1) is 15.7. The molecule has 1 N–H and O–H groups in total. The summed E-state index contributed by atoms with van der Waals surface area (Å²) >= 11 is 6.36. The summed E-state index contributed by atoms with van der Waals surface area (Å²) in [6.45, 7) is 2.53. The van der Waals surface area contributed by atoms with Gasteiger partial charge in [-0.3, -0.25) is 4.68 Å². The average Bonchev–Trinajstić information content (AvgIpc) is 3.30. The lowest BCUT2D eigenvalue weighted by Gasteiger charge is -2.27. The average molecular weight is 483 g/mol. The van der Waals surface area contributed by atoms with Gasteiger partial charge in [0.2, 0.25) is 10.0 Å². The molecule has 3 aromatic rings. The molecule has 5 rings (SSSR count). The number of benzene rings is 2. The molecule has 0 amide bonds. The number of fused-ring (bicyclic) bond motifs is 2. The second kappa shape index (κ2) is 7.96. The van der Waals surface area contributed by atoms with E-state index in [1.54, 1.807) is 18.2 Å². The number of nitriles is 1. The fourth-order valence-corrected chi connectivity index (χ4v) is 6.13. The fourth-order valence-electron chi connectivity index (χ4n) is 5.07. The maximum absolute atomic E-state index is 12.3. The van der Waals surface area contributed by atoms with E-state index in [9.17, 15) is 18.8 Å². The van der Waals surface area contributed by atoms with E-state index in [2.05, 4.69) is 6.07 Å². The van der Waals surface area contributed by atoms with Crippen LogP contribution in [0.25, 0.3) is 11.3 Å². The fraction of sp³-hybridized carbons (Fsp3) is 0.333. The van der Waals surface area contributed by atoms with E-state index in [4.69, 9.17) is 16.7 Å². The highest BCUT2D eigenvalue weighted by Gasteiger charge is 2.39. The van der Waals surface area contributed by atoms with Crippen molar-refractivity contribution in [3.8, 4) is 17.3 Å². The van der Waals surface area contributed by atoms with E-state index < -0.39 is 22.2 Å². The Bertz CT molecular complexity index is 1420. The summed E-state index contributed by atoms with van der Waals surface area (Å²) in [6, 6.07) is 12.7. The molecule has 0 bridgehead atoms. The maximum Gasteiger partial charge on any atom is 0.211 e. The molecule has 0 radical (unpaired) electrons. The van der Waals surface area contributed by atoms with Gasteiger partial charge >= 0.3 is 0 Å². The molecule has 1 aromatic heterocycles. The molecule has 170 valence electrons. The van der Waals surface area contributed by atoms with Gasteiger partial charge in [0.25, 0.3) is 0 Å². The highest BCUT2D eigenvalue weighted by Crippen LogP contribution is 2.41. The van der Waals surface area contributed by atoms with Gasteiger partial charge in [0.1, 0.15) is 6.04 Å². The number of rotatable bonds is 3. The normalized spacial score (nSPS) is 20.3. The van der Waals surface area contributed by atoms with Crippen molar-refractivity contribution in [1.29, 1.82) is 5.26 Å². The van der Waals surface area contributed by atoms with E-state index in [0.717, 1.165) is 33.5 Å². The molecule has 2 atom stereocenters. The summed E-state index contributed by atoms with van der Waals surface area (Å²) in [5, 5.41) is 26.0. The number of sulfonamides is 1. The maximum atomic E-state index is 12.3. The zero-order valence-corrected chi connectivity index (χ0v) is 19.9. The van der Waals surface area contributed by atoms with Crippen LogP contribution in [-0.2, 0) is 29.4 Å². The van der Waals surface area contributed by atoms with E-state index >= 15 is 0 Å². The molecule has 0 spiro atoms. The highest BCUT2D eigenvalue weighted by atomic mass is 35.5. The Morgan fingerprint density at radius 2 is 2.03 bits per heavy atom. The lowest BCUT2D eigenvalue weighted by molar-refractivity contribution is 0.136. The number of aromatic nitrogens is 2. The van der Waals surface area contributed by atoms with Crippen LogP contribution in [0.15, 0.2) is 36.4 Å². The van der Waals surface area contributed by atoms with Gasteiger partial charge in [-0.15, -0.1) is 0 Å². The first-order valence-corrected chi connectivity index (χ1v) is 12.9. The van der Waals surface area contributed by atoms with Crippen molar-refractivity contribution in [3.63, 3.8) is 0 Å². The summed E-state index contributed by atoms with van der Waals surface area (Å²) in [7, 11) is -3.38. The lowest BCUT2D eigenvalue weighted by Crippen LogP contribution is -2.36. The van der Waals surface area contributed by atoms with Crippen LogP contribution in [0.1, 0.15) is 39.6 Å². The Morgan fingerprint density at radius 3 is 2.76 bits per heavy atom. The first-order valence-electron chi connectivity index (χ1n) is 10.7. The van der Waals surface area contributed by atoms with E-state index in [0.29, 0.717) is 35.7 Å². The molecule has 1 aliphatic carbocycles. The molecule has 0 unspecified atom stereocenters. The van der Waals surface area contributed by atoms with E-state index in [-0.39, 0.29) is 6.54 Å². The number of aliphatic hydroxyl groups excluding tert-OH is 1. The van der Waals surface area contributed by atoms with Crippen molar-refractivity contribution in [2.75, 3.05) is 12.8 Å². The van der Waals surface area contributed by atoms with E-state index in [1.807, 2.05) is 29.8 Å². The molecule has 33 heavy (non-hydrogen) atoms. The third kappa shape index (κ3) is 3.75. The molecular formula is C24H23ClN4O3S. The number of aryl methyl sites for hydroxylation is 1. The van der Waals surface area contributed by atoms with Crippen LogP contribution in [0.2, 0.25) is 5.02 Å². The van der Waals surface area contributed by atoms with Gasteiger partial charge in [0, 0.05) is 47.8 Å². The van der Waals surface area contributed by atoms with Crippen molar-refractivity contribution < 1.29 is 13.5 Å². The van der Waals surface area contributed by atoms with Gasteiger partial charge in [-0.2, -0.15) is 14.7 Å². The number of halogens is 1. The topological polar surface area (TPSA) is 99.2 Å². The van der Waals surface area contributed by atoms with Crippen LogP contribution in [0.3, 0.4) is 0 Å². The van der Waals surface area contributed by atoms with Gasteiger partial charge < -0.3 is 5.11 Å². The molecule has 1 aliphatic heterocycles. The van der Waals surface area contributed by atoms with Crippen molar-refractivity contribution in [1.82, 2.24) is 14.1 Å². The predicted molar refractivity (Wildman–Crippen MR) is 125 cm³/mol. The number of hydrogen-bond acceptors (Lipinski definition) is 5. The third-order valence-electron chi connectivity index (χ3n) is 6.62. The SMILES string of the molecule is Cc1cc(Cl)cc2c1C[C@@H](O)[C@@H]2n1nc(-c2cccc(C#N)c2)c2c1CCN(S(C)(=O)=O)C2. The quantitative estimate of drug-likeness (QED) is 0.618. The molecule has 0 fully saturated rings. The smallest absolute Gasteiger partial charge is 0.211 e. The monoisotopic (exact) mass is 482 g/mol. The van der Waals surface area contributed by atoms with Gasteiger partial charge in [-0.1, -0.05) is 23.7 Å². The van der Waals surface area contributed by atoms with Crippen LogP contribution >= 0.6 is 11.6 Å². The first kappa shape index (κ1) is 22.1. The predicted octanol–water partition coefficient (Wildman–Crippen LogP) is 3.21. The Kier molecular flexibility index (Phi) is 5.33. The molecule has 0 saturated heterocycles. The minimum atomic E-state index is -3.38. The highest BCUT2D eigenvalue weighted by molar-refractivity contribution is 7.88. The molecular weight excluding hydrogens is 460 g/mol. The van der Waals surface area contributed by atoms with E-state index in [1.165, 1.54) is 10.6 Å². The summed E-state index contributed by atoms with van der Waals surface area (Å²) in [5.41, 5.74) is 6.64. The van der Waals surface area contributed by atoms with Gasteiger partial charge in [0.15, 0.2) is 0 Å². The number of nitrogens with zero attached hydrogens (tertiary/aromatic N) is 4. The summed E-state index contributed by atoms with van der Waals surface area (Å²) < 4.78 is 27.9. The zero-order chi connectivity index (χ0) is 23.5. The Balaban J connectivity index is 1.71. The largest absolute Gasteiger partial charge is 0.390 e. The summed E-state index contributed by atoms with van der Waals surface area (Å²) in [5.74, 6) is 0. The minimum Gasteiger partial charge on any atom is -0.390 e. The summed E-state index contributed by atoms with van der Waals surface area (Å²) in [4.78, 5) is 0. The standard InChI is InChI=1S/C24H23ClN4O3S/c1-14-8-17(25)10-19-18(14)11-22(30)24(19)29-21-6-7-28(33(2,31)32)13-20(21)23(27-29)16-5-3-4-15(9-16)12-26/h3-5,8-10,22,24,30H,6-7,11,13H2,1-2H3/t22-,24-/m1/s1. The minimum absolute atomic E-state index is 0.199. The molecule has 2 aromatic carbocycles. The lowest BCUT2D eigenvalue weighted by atomic mass is 10.00. The van der Waals surface area contributed by atoms with Crippen molar-refractivity contribution in [2.45, 2.75) is 38.5 Å². The van der Waals surface area contributed by atoms with Crippen LogP contribution in [0.5, 0.6) is 0 Å². The van der Waals surface area contributed by atoms with Gasteiger partial charge in [-0.25, -0.2) is 8.42 Å². The van der Waals surface area contributed by atoms with Crippen LogP contribution in [-0.4, -0.2) is 46.5 Å². The molecule has 0 saturated carbocycles. The van der Waals surface area contributed by atoms with Crippen molar-refractivity contribution in [2.24, 2.45) is 0 Å². The third-order valence-corrected chi connectivity index (χ3v) is 8.09. The number of aliphatic hydroxyl groups is 1. The van der Waals surface area contributed by atoms with Gasteiger partial charge in [-0.05, 0) is 47.9 Å². The Labute approximate surface area is 197 Å². The van der Waals surface area contributed by atoms with Crippen molar-refractivity contribution in [3.05, 3.63) is 74.9 Å². The molecule has 7 nitrogen and oxygen atoms in total. The number of hydrogen-bond donors (Lipinski definition) is 1. The Hall–Kier alpha value is -2.70. The zero-order valence-electron chi connectivity index (χ0n) is 18.3. The second-order valence-electron chi connectivity index (χ2n) is 8.76. The molecule has 2 heterocycles. The van der Waals surface area contributed by atoms with Crippen LogP contribution in [0, 0.1) is 18.3 Å².